The summed E-state index contributed by atoms with van der Waals surface area (Å²) in [6.07, 6.45) is 0. The minimum atomic E-state index is -1.39. The van der Waals surface area contributed by atoms with Crippen LogP contribution in [0, 0.1) is 6.92 Å². The van der Waals surface area contributed by atoms with Crippen molar-refractivity contribution in [3.8, 4) is 5.75 Å². The van der Waals surface area contributed by atoms with Crippen LogP contribution in [0.5, 0.6) is 5.75 Å². The molecule has 0 aromatic heterocycles. The van der Waals surface area contributed by atoms with Crippen LogP contribution in [0.2, 0.25) is 0 Å². The maximum Gasteiger partial charge on any atom is 0.352 e. The molecule has 0 spiro atoms. The summed E-state index contributed by atoms with van der Waals surface area (Å²) >= 11 is 3.68. The second kappa shape index (κ2) is 7.81. The Labute approximate surface area is 166 Å². The third-order valence-electron chi connectivity index (χ3n) is 4.42. The van der Waals surface area contributed by atoms with Gasteiger partial charge in [-0.2, -0.15) is 0 Å². The van der Waals surface area contributed by atoms with E-state index in [1.807, 2.05) is 0 Å². The quantitative estimate of drug-likeness (QED) is 0.521. The molecule has 0 heterocycles. The third kappa shape index (κ3) is 4.10. The lowest BCUT2D eigenvalue weighted by Gasteiger charge is -2.28. The first-order valence-electron chi connectivity index (χ1n) is 8.83. The van der Waals surface area contributed by atoms with Gasteiger partial charge in [0, 0.05) is 10.0 Å². The van der Waals surface area contributed by atoms with Gasteiger partial charge in [-0.25, -0.2) is 0 Å². The molecule has 0 aliphatic carbocycles. The van der Waals surface area contributed by atoms with Crippen molar-refractivity contribution in [2.45, 2.75) is 33.1 Å². The van der Waals surface area contributed by atoms with Crippen molar-refractivity contribution in [2.24, 2.45) is 0 Å². The van der Waals surface area contributed by atoms with E-state index in [1.54, 1.807) is 0 Å². The number of halogens is 1. The minimum absolute atomic E-state index is 0.0150. The fourth-order valence-electron chi connectivity index (χ4n) is 2.96. The van der Waals surface area contributed by atoms with Crippen molar-refractivity contribution in [3.63, 3.8) is 0 Å². The van der Waals surface area contributed by atoms with E-state index in [1.165, 1.54) is 15.9 Å². The van der Waals surface area contributed by atoms with E-state index in [-0.39, 0.29) is 5.41 Å². The molecule has 0 aliphatic rings. The molecule has 0 N–H and O–H groups in total. The molecule has 0 bridgehead atoms. The van der Waals surface area contributed by atoms with Crippen LogP contribution in [-0.2, 0) is 5.41 Å². The van der Waals surface area contributed by atoms with E-state index < -0.39 is 9.04 Å². The molecule has 3 heteroatoms. The Kier molecular flexibility index (Phi) is 5.69. The fraction of sp³-hybridized carbons (Fsp3) is 0.217. The number of hydrogen-bond donors (Lipinski definition) is 0. The molecule has 0 atom stereocenters. The van der Waals surface area contributed by atoms with Crippen LogP contribution in [0.4, 0.5) is 0 Å². The SMILES string of the molecule is Cc1c(Br)ccc(C(C)(C)C)c1O[Si](c1ccccc1)c1ccccc1. The summed E-state index contributed by atoms with van der Waals surface area (Å²) in [7, 11) is -1.39. The maximum atomic E-state index is 6.83. The van der Waals surface area contributed by atoms with E-state index >= 15 is 0 Å². The van der Waals surface area contributed by atoms with Crippen molar-refractivity contribution < 1.29 is 4.43 Å². The Morgan fingerprint density at radius 1 is 0.769 bits per heavy atom. The van der Waals surface area contributed by atoms with Gasteiger partial charge in [-0.1, -0.05) is 103 Å². The minimum Gasteiger partial charge on any atom is -0.532 e. The van der Waals surface area contributed by atoms with E-state index in [4.69, 9.17) is 4.43 Å². The molecule has 0 saturated carbocycles. The van der Waals surface area contributed by atoms with Crippen LogP contribution in [0.15, 0.2) is 77.3 Å². The lowest BCUT2D eigenvalue weighted by atomic mass is 9.85. The highest BCUT2D eigenvalue weighted by Gasteiger charge is 2.27. The molecule has 3 aromatic rings. The van der Waals surface area contributed by atoms with E-state index in [0.717, 1.165) is 15.8 Å². The van der Waals surface area contributed by atoms with Crippen molar-refractivity contribution in [3.05, 3.63) is 88.4 Å². The smallest absolute Gasteiger partial charge is 0.352 e. The first-order valence-corrected chi connectivity index (χ1v) is 11.0. The Morgan fingerprint density at radius 3 is 1.73 bits per heavy atom. The van der Waals surface area contributed by atoms with Gasteiger partial charge >= 0.3 is 9.04 Å². The highest BCUT2D eigenvalue weighted by molar-refractivity contribution is 9.10. The molecule has 0 unspecified atom stereocenters. The predicted molar refractivity (Wildman–Crippen MR) is 116 cm³/mol. The normalized spacial score (nSPS) is 11.6. The molecule has 0 saturated heterocycles. The van der Waals surface area contributed by atoms with Gasteiger partial charge in [-0.05, 0) is 34.3 Å². The molecular formula is C23H24BrOSi. The number of hydrogen-bond acceptors (Lipinski definition) is 1. The summed E-state index contributed by atoms with van der Waals surface area (Å²) in [6.45, 7) is 8.84. The Morgan fingerprint density at radius 2 is 1.27 bits per heavy atom. The first kappa shape index (κ1) is 18.9. The van der Waals surface area contributed by atoms with Gasteiger partial charge in [-0.3, -0.25) is 0 Å². The van der Waals surface area contributed by atoms with Crippen LogP contribution < -0.4 is 14.8 Å². The Bertz CT molecular complexity index is 830. The third-order valence-corrected chi connectivity index (χ3v) is 7.41. The van der Waals surface area contributed by atoms with Gasteiger partial charge in [0.05, 0.1) is 0 Å². The molecule has 0 amide bonds. The van der Waals surface area contributed by atoms with E-state index in [9.17, 15) is 0 Å². The molecule has 1 radical (unpaired) electrons. The Hall–Kier alpha value is -1.84. The standard InChI is InChI=1S/C23H24BrOSi/c1-17-21(24)16-15-20(23(2,3)4)22(17)25-26(18-11-7-5-8-12-18)19-13-9-6-10-14-19/h5-16H,1-4H3. The molecule has 1 nitrogen and oxygen atoms in total. The largest absolute Gasteiger partial charge is 0.532 e. The van der Waals surface area contributed by atoms with Gasteiger partial charge in [0.25, 0.3) is 0 Å². The summed E-state index contributed by atoms with van der Waals surface area (Å²) in [5.41, 5.74) is 2.42. The first-order chi connectivity index (χ1) is 12.4. The summed E-state index contributed by atoms with van der Waals surface area (Å²) in [5.74, 6) is 1.01. The van der Waals surface area contributed by atoms with Gasteiger partial charge in [0.2, 0.25) is 0 Å². The van der Waals surface area contributed by atoms with Crippen LogP contribution in [-0.4, -0.2) is 9.04 Å². The van der Waals surface area contributed by atoms with Gasteiger partial charge in [-0.15, -0.1) is 0 Å². The van der Waals surface area contributed by atoms with E-state index in [0.29, 0.717) is 0 Å². The monoisotopic (exact) mass is 423 g/mol. The summed E-state index contributed by atoms with van der Waals surface area (Å²) < 4.78 is 7.91. The fourth-order valence-corrected chi connectivity index (χ4v) is 5.29. The summed E-state index contributed by atoms with van der Waals surface area (Å²) in [5, 5.41) is 2.51. The summed E-state index contributed by atoms with van der Waals surface area (Å²) in [6, 6.07) is 25.5. The van der Waals surface area contributed by atoms with Crippen molar-refractivity contribution in [2.75, 3.05) is 0 Å². The van der Waals surface area contributed by atoms with Gasteiger partial charge < -0.3 is 4.43 Å². The molecule has 3 aromatic carbocycles. The zero-order valence-electron chi connectivity index (χ0n) is 15.7. The van der Waals surface area contributed by atoms with E-state index in [2.05, 4.69) is 116 Å². The van der Waals surface area contributed by atoms with Crippen LogP contribution >= 0.6 is 15.9 Å². The number of benzene rings is 3. The molecule has 133 valence electrons. The summed E-state index contributed by atoms with van der Waals surface area (Å²) in [4.78, 5) is 0. The molecule has 0 fully saturated rings. The highest BCUT2D eigenvalue weighted by atomic mass is 79.9. The van der Waals surface area contributed by atoms with Crippen molar-refractivity contribution in [1.29, 1.82) is 0 Å². The lowest BCUT2D eigenvalue weighted by molar-refractivity contribution is 0.521. The second-order valence-corrected chi connectivity index (χ2v) is 10.3. The average Bonchev–Trinajstić information content (AvgIpc) is 2.63. The second-order valence-electron chi connectivity index (χ2n) is 7.46. The van der Waals surface area contributed by atoms with Crippen LogP contribution in [0.25, 0.3) is 0 Å². The lowest BCUT2D eigenvalue weighted by Crippen LogP contribution is -2.48. The molecular weight excluding hydrogens is 400 g/mol. The Balaban J connectivity index is 2.13. The topological polar surface area (TPSA) is 9.23 Å². The van der Waals surface area contributed by atoms with Gasteiger partial charge in [0.1, 0.15) is 5.75 Å². The average molecular weight is 424 g/mol. The van der Waals surface area contributed by atoms with Crippen LogP contribution in [0.1, 0.15) is 31.9 Å². The van der Waals surface area contributed by atoms with Crippen LogP contribution in [0.3, 0.4) is 0 Å². The predicted octanol–water partition coefficient (Wildman–Crippen LogP) is 5.24. The van der Waals surface area contributed by atoms with Crippen molar-refractivity contribution in [1.82, 2.24) is 0 Å². The number of rotatable bonds is 4. The van der Waals surface area contributed by atoms with Crippen molar-refractivity contribution >= 4 is 35.3 Å². The zero-order chi connectivity index (χ0) is 18.7. The molecule has 0 aliphatic heterocycles. The maximum absolute atomic E-state index is 6.83. The molecule has 3 rings (SSSR count). The molecule has 26 heavy (non-hydrogen) atoms. The van der Waals surface area contributed by atoms with Gasteiger partial charge in [0.15, 0.2) is 0 Å². The zero-order valence-corrected chi connectivity index (χ0v) is 18.3. The highest BCUT2D eigenvalue weighted by Crippen LogP contribution is 2.37.